The topological polar surface area (TPSA) is 18.5 Å². The molecule has 0 saturated carbocycles. The van der Waals surface area contributed by atoms with Crippen LogP contribution < -0.4 is 9.47 Å². The van der Waals surface area contributed by atoms with Gasteiger partial charge in [0, 0.05) is 32.6 Å². The van der Waals surface area contributed by atoms with Crippen LogP contribution in [0.3, 0.4) is 0 Å². The van der Waals surface area contributed by atoms with Gasteiger partial charge in [0.05, 0.1) is 14.2 Å². The average molecular weight is 335 g/mol. The van der Waals surface area contributed by atoms with Gasteiger partial charge in [0.2, 0.25) is 0 Å². The first-order chi connectivity index (χ1) is 5.27. The Morgan fingerprint density at radius 3 is 2.42 bits per heavy atom. The van der Waals surface area contributed by atoms with Crippen molar-refractivity contribution in [3.05, 3.63) is 23.8 Å². The van der Waals surface area contributed by atoms with Crippen LogP contribution in [-0.2, 0) is 21.1 Å². The normalized spacial score (nSPS) is 8.58. The van der Waals surface area contributed by atoms with E-state index in [1.165, 1.54) is 0 Å². The van der Waals surface area contributed by atoms with Crippen LogP contribution in [-0.4, -0.2) is 14.2 Å². The number of hydrogen-bond acceptors (Lipinski definition) is 2. The monoisotopic (exact) mass is 335 g/mol. The molecule has 0 radical (unpaired) electrons. The molecule has 1 aromatic rings. The molecule has 0 aliphatic rings. The van der Waals surface area contributed by atoms with E-state index in [1.807, 2.05) is 19.1 Å². The Morgan fingerprint density at radius 2 is 1.92 bits per heavy atom. The molecule has 0 aliphatic heterocycles. The molecule has 3 heteroatoms. The fourth-order valence-electron chi connectivity index (χ4n) is 0.876. The average Bonchev–Trinajstić information content (AvgIpc) is 2.04. The molecule has 0 saturated heterocycles. The molecular weight excluding hydrogens is 324 g/mol. The van der Waals surface area contributed by atoms with Crippen LogP contribution in [0.5, 0.6) is 11.5 Å². The molecule has 0 N–H and O–H groups in total. The first kappa shape index (κ1) is 11.5. The van der Waals surface area contributed by atoms with E-state index in [2.05, 4.69) is 6.07 Å². The van der Waals surface area contributed by atoms with Gasteiger partial charge in [-0.1, -0.05) is 6.92 Å². The minimum absolute atomic E-state index is 0. The summed E-state index contributed by atoms with van der Waals surface area (Å²) in [6.45, 7) is 1.98. The van der Waals surface area contributed by atoms with Gasteiger partial charge in [0.15, 0.2) is 0 Å². The minimum atomic E-state index is 0. The summed E-state index contributed by atoms with van der Waals surface area (Å²) in [5.41, 5.74) is 1.11. The second kappa shape index (κ2) is 5.21. The van der Waals surface area contributed by atoms with Gasteiger partial charge in [0.1, 0.15) is 0 Å². The van der Waals surface area contributed by atoms with Crippen LogP contribution in [0.15, 0.2) is 12.1 Å². The van der Waals surface area contributed by atoms with E-state index in [0.29, 0.717) is 5.75 Å². The van der Waals surface area contributed by atoms with E-state index in [-0.39, 0.29) is 21.1 Å². The first-order valence-corrected chi connectivity index (χ1v) is 3.38. The number of aryl methyl sites for hydroxylation is 1. The first-order valence-electron chi connectivity index (χ1n) is 3.38. The molecule has 0 fully saturated rings. The zero-order valence-corrected chi connectivity index (χ0v) is 10.3. The summed E-state index contributed by atoms with van der Waals surface area (Å²) in [6.07, 6.45) is 0. The quantitative estimate of drug-likeness (QED) is 0.768. The third kappa shape index (κ3) is 2.53. The molecule has 0 spiro atoms. The number of benzene rings is 1. The molecule has 12 heavy (non-hydrogen) atoms. The maximum absolute atomic E-state index is 5.06. The zero-order chi connectivity index (χ0) is 8.27. The third-order valence-electron chi connectivity index (χ3n) is 1.44. The zero-order valence-electron chi connectivity index (χ0n) is 7.38. The maximum Gasteiger partial charge on any atom is 0.0745 e. The number of ether oxygens (including phenoxy) is 2. The summed E-state index contributed by atoms with van der Waals surface area (Å²) in [4.78, 5) is 0. The number of hydrogen-bond donors (Lipinski definition) is 0. The minimum Gasteiger partial charge on any atom is -0.551 e. The van der Waals surface area contributed by atoms with Crippen LogP contribution in [0, 0.1) is 13.0 Å². The standard InChI is InChI=1S/C9H11O2.W/c1-7-4-5-8(10-2)9(6-7)11-3;/h4,6H,1-3H3;/q-1;. The molecule has 0 unspecified atom stereocenters. The Balaban J connectivity index is 0.00000121. The second-order valence-electron chi connectivity index (χ2n) is 2.28. The van der Waals surface area contributed by atoms with Crippen LogP contribution in [0.25, 0.3) is 0 Å². The van der Waals surface area contributed by atoms with E-state index in [4.69, 9.17) is 9.47 Å². The summed E-state index contributed by atoms with van der Waals surface area (Å²) in [7, 11) is 3.22. The second-order valence-corrected chi connectivity index (χ2v) is 2.28. The van der Waals surface area contributed by atoms with Gasteiger partial charge < -0.3 is 9.47 Å². The van der Waals surface area contributed by atoms with Crippen molar-refractivity contribution in [3.63, 3.8) is 0 Å². The molecule has 1 aromatic carbocycles. The predicted molar refractivity (Wildman–Crippen MR) is 43.1 cm³/mol. The maximum atomic E-state index is 5.06. The van der Waals surface area contributed by atoms with Gasteiger partial charge in [-0.25, -0.2) is 0 Å². The number of methoxy groups -OCH3 is 2. The Morgan fingerprint density at radius 1 is 1.25 bits per heavy atom. The van der Waals surface area contributed by atoms with Crippen molar-refractivity contribution in [2.75, 3.05) is 14.2 Å². The van der Waals surface area contributed by atoms with E-state index >= 15 is 0 Å². The summed E-state index contributed by atoms with van der Waals surface area (Å²) in [5, 5.41) is 0. The Bertz CT molecular complexity index is 248. The molecule has 2 nitrogen and oxygen atoms in total. The van der Waals surface area contributed by atoms with Gasteiger partial charge in [-0.2, -0.15) is 11.6 Å². The fraction of sp³-hybridized carbons (Fsp3) is 0.333. The van der Waals surface area contributed by atoms with E-state index < -0.39 is 0 Å². The van der Waals surface area contributed by atoms with Crippen molar-refractivity contribution >= 4 is 0 Å². The van der Waals surface area contributed by atoms with Crippen molar-refractivity contribution in [3.8, 4) is 11.5 Å². The molecule has 66 valence electrons. The van der Waals surface area contributed by atoms with Gasteiger partial charge in [-0.3, -0.25) is 0 Å². The van der Waals surface area contributed by atoms with E-state index in [1.54, 1.807) is 14.2 Å². The van der Waals surface area contributed by atoms with E-state index in [9.17, 15) is 0 Å². The predicted octanol–water partition coefficient (Wildman–Crippen LogP) is 1.81. The Kier molecular flexibility index (Phi) is 4.99. The van der Waals surface area contributed by atoms with Crippen LogP contribution in [0.4, 0.5) is 0 Å². The molecule has 0 heterocycles. The Labute approximate surface area is 87.1 Å². The van der Waals surface area contributed by atoms with Crippen molar-refractivity contribution in [2.45, 2.75) is 6.92 Å². The van der Waals surface area contributed by atoms with Crippen molar-refractivity contribution in [1.82, 2.24) is 0 Å². The summed E-state index contributed by atoms with van der Waals surface area (Å²) >= 11 is 0. The van der Waals surface area contributed by atoms with Crippen LogP contribution in [0.2, 0.25) is 0 Å². The summed E-state index contributed by atoms with van der Waals surface area (Å²) in [5.74, 6) is 1.38. The third-order valence-corrected chi connectivity index (χ3v) is 1.44. The van der Waals surface area contributed by atoms with Gasteiger partial charge >= 0.3 is 0 Å². The Hall–Kier alpha value is -0.492. The molecule has 0 bridgehead atoms. The molecule has 0 aromatic heterocycles. The molecule has 1 rings (SSSR count). The molecule has 0 atom stereocenters. The molecule has 0 amide bonds. The van der Waals surface area contributed by atoms with Crippen LogP contribution >= 0.6 is 0 Å². The summed E-state index contributed by atoms with van der Waals surface area (Å²) < 4.78 is 10.1. The van der Waals surface area contributed by atoms with E-state index in [0.717, 1.165) is 11.3 Å². The van der Waals surface area contributed by atoms with Crippen LogP contribution in [0.1, 0.15) is 5.56 Å². The van der Waals surface area contributed by atoms with Gasteiger partial charge in [0.25, 0.3) is 0 Å². The number of rotatable bonds is 2. The summed E-state index contributed by atoms with van der Waals surface area (Å²) in [6, 6.07) is 6.73. The van der Waals surface area contributed by atoms with Crippen molar-refractivity contribution < 1.29 is 30.5 Å². The smallest absolute Gasteiger partial charge is 0.0745 e. The SMILES string of the molecule is COc1[c-]cc(C)cc1OC.[W]. The van der Waals surface area contributed by atoms with Gasteiger partial charge in [-0.05, 0) is 0 Å². The fourth-order valence-corrected chi connectivity index (χ4v) is 0.876. The molecular formula is C9H11O2W-. The van der Waals surface area contributed by atoms with Gasteiger partial charge in [-0.15, -0.1) is 12.1 Å². The largest absolute Gasteiger partial charge is 0.551 e. The van der Waals surface area contributed by atoms with Crippen molar-refractivity contribution in [2.24, 2.45) is 0 Å². The van der Waals surface area contributed by atoms with Crippen molar-refractivity contribution in [1.29, 1.82) is 0 Å². The molecule has 0 aliphatic carbocycles.